The lowest BCUT2D eigenvalue weighted by atomic mass is 9.60. The summed E-state index contributed by atoms with van der Waals surface area (Å²) in [6, 6.07) is 3.96. The number of rotatable bonds is 3. The lowest BCUT2D eigenvalue weighted by molar-refractivity contribution is 0.409. The second-order valence-corrected chi connectivity index (χ2v) is 9.52. The van der Waals surface area contributed by atoms with E-state index in [4.69, 9.17) is 17.0 Å². The molecule has 0 amide bonds. The van der Waals surface area contributed by atoms with Crippen LogP contribution >= 0.6 is 22.9 Å². The summed E-state index contributed by atoms with van der Waals surface area (Å²) < 4.78 is 0. The fourth-order valence-corrected chi connectivity index (χ4v) is 6.03. The first kappa shape index (κ1) is 21.5. The number of allylic oxidation sites excluding steroid dienone is 1. The highest BCUT2D eigenvalue weighted by molar-refractivity contribution is 7.16. The molecule has 2 aromatic rings. The van der Waals surface area contributed by atoms with Crippen LogP contribution in [0.15, 0.2) is 22.8 Å². The van der Waals surface area contributed by atoms with E-state index in [1.165, 1.54) is 6.20 Å². The number of aliphatic hydroxyl groups excluding tert-OH is 1. The van der Waals surface area contributed by atoms with Crippen LogP contribution in [0, 0.1) is 16.7 Å². The fourth-order valence-electron chi connectivity index (χ4n) is 4.65. The van der Waals surface area contributed by atoms with E-state index in [9.17, 15) is 10.4 Å². The van der Waals surface area contributed by atoms with Crippen LogP contribution in [-0.4, -0.2) is 46.1 Å². The van der Waals surface area contributed by atoms with Gasteiger partial charge in [-0.1, -0.05) is 0 Å². The summed E-state index contributed by atoms with van der Waals surface area (Å²) in [4.78, 5) is 15.5. The molecule has 2 N–H and O–H groups in total. The third-order valence-corrected chi connectivity index (χ3v) is 7.27. The monoisotopic (exact) mass is 454 g/mol. The largest absolute Gasteiger partial charge is 0.505 e. The molecule has 0 radical (unpaired) electrons. The lowest BCUT2D eigenvalue weighted by Crippen LogP contribution is -2.42. The molecular weight excluding hydrogens is 432 g/mol. The Balaban J connectivity index is 1.85. The summed E-state index contributed by atoms with van der Waals surface area (Å²) in [5.74, 6) is -0.0277. The number of hydrogen-bond donors (Lipinski definition) is 2. The highest BCUT2D eigenvalue weighted by atomic mass is 35.5. The zero-order valence-electron chi connectivity index (χ0n) is 17.4. The van der Waals surface area contributed by atoms with Crippen LogP contribution in [0.1, 0.15) is 53.8 Å². The summed E-state index contributed by atoms with van der Waals surface area (Å²) in [6.07, 6.45) is 7.97. The van der Waals surface area contributed by atoms with Crippen molar-refractivity contribution in [2.75, 3.05) is 14.1 Å². The minimum Gasteiger partial charge on any atom is -0.505 e. The molecule has 2 aromatic heterocycles. The van der Waals surface area contributed by atoms with Gasteiger partial charge in [0.25, 0.3) is 0 Å². The molecule has 0 saturated heterocycles. The fraction of sp³-hybridized carbons (Fsp3) is 0.409. The standard InChI is InChI=1S/C22H23ClN6OS/c1-29(2)12-27-20-14(11-24)17-16(31-20)6-4-9-22(17)8-3-5-13(19(22)25)18(30)15-7-10-26-21(23)28-15/h7,10,12,25,30H,3-6,8-9H2,1-2H3/b18-13-,25-19?,27-12+/t22-/m0/s1. The predicted molar refractivity (Wildman–Crippen MR) is 124 cm³/mol. The van der Waals surface area contributed by atoms with Gasteiger partial charge in [-0.3, -0.25) is 0 Å². The maximum Gasteiger partial charge on any atom is 0.222 e. The number of thiophene rings is 1. The Morgan fingerprint density at radius 1 is 1.39 bits per heavy atom. The molecule has 31 heavy (non-hydrogen) atoms. The van der Waals surface area contributed by atoms with Gasteiger partial charge in [0, 0.05) is 41.9 Å². The second-order valence-electron chi connectivity index (χ2n) is 8.10. The van der Waals surface area contributed by atoms with E-state index in [2.05, 4.69) is 21.0 Å². The molecule has 2 aliphatic rings. The molecule has 0 unspecified atom stereocenters. The van der Waals surface area contributed by atoms with E-state index in [0.717, 1.165) is 42.5 Å². The quantitative estimate of drug-likeness (QED) is 0.292. The second kappa shape index (κ2) is 8.40. The summed E-state index contributed by atoms with van der Waals surface area (Å²) in [5, 5.41) is 30.9. The van der Waals surface area contributed by atoms with Crippen molar-refractivity contribution in [2.24, 2.45) is 4.99 Å². The van der Waals surface area contributed by atoms with Gasteiger partial charge in [0.15, 0.2) is 0 Å². The van der Waals surface area contributed by atoms with E-state index >= 15 is 0 Å². The number of nitriles is 1. The number of nitrogens with zero attached hydrogens (tertiary/aromatic N) is 5. The predicted octanol–water partition coefficient (Wildman–Crippen LogP) is 5.03. The van der Waals surface area contributed by atoms with Crippen molar-refractivity contribution in [3.05, 3.63) is 44.8 Å². The number of nitrogens with one attached hydrogen (secondary N) is 1. The van der Waals surface area contributed by atoms with Gasteiger partial charge in [0.2, 0.25) is 5.28 Å². The molecule has 1 saturated carbocycles. The SMILES string of the molecule is CN(C)/C=N/c1sc2c(c1C#N)[C@]1(CCC/C(=C(/O)c3ccnc(Cl)n3)C1=N)CCC2. The number of aryl methyl sites for hydroxylation is 1. The number of aromatic nitrogens is 2. The van der Waals surface area contributed by atoms with Gasteiger partial charge in [-0.25, -0.2) is 15.0 Å². The van der Waals surface area contributed by atoms with Crippen LogP contribution in [-0.2, 0) is 11.8 Å². The highest BCUT2D eigenvalue weighted by Crippen LogP contribution is 2.53. The zero-order chi connectivity index (χ0) is 22.2. The van der Waals surface area contributed by atoms with Gasteiger partial charge in [0.1, 0.15) is 22.5 Å². The molecule has 4 rings (SSSR count). The Labute approximate surface area is 190 Å². The molecule has 1 spiro atoms. The summed E-state index contributed by atoms with van der Waals surface area (Å²) >= 11 is 7.45. The number of fused-ring (bicyclic) bond motifs is 2. The van der Waals surface area contributed by atoms with Crippen molar-refractivity contribution in [1.29, 1.82) is 10.7 Å². The van der Waals surface area contributed by atoms with Gasteiger partial charge in [-0.2, -0.15) is 5.26 Å². The number of hydrogen-bond acceptors (Lipinski definition) is 7. The smallest absolute Gasteiger partial charge is 0.222 e. The number of halogens is 1. The van der Waals surface area contributed by atoms with Gasteiger partial charge in [-0.15, -0.1) is 11.3 Å². The third kappa shape index (κ3) is 3.73. The molecule has 1 atom stereocenters. The van der Waals surface area contributed by atoms with Crippen LogP contribution in [0.3, 0.4) is 0 Å². The molecule has 7 nitrogen and oxygen atoms in total. The highest BCUT2D eigenvalue weighted by Gasteiger charge is 2.47. The molecule has 1 fully saturated rings. The minimum atomic E-state index is -0.584. The Morgan fingerprint density at radius 2 is 2.13 bits per heavy atom. The van der Waals surface area contributed by atoms with Crippen LogP contribution in [0.5, 0.6) is 0 Å². The van der Waals surface area contributed by atoms with Gasteiger partial charge in [-0.05, 0) is 61.8 Å². The van der Waals surface area contributed by atoms with Crippen molar-refractivity contribution in [1.82, 2.24) is 14.9 Å². The summed E-state index contributed by atoms with van der Waals surface area (Å²) in [5.41, 5.74) is 2.18. The Morgan fingerprint density at radius 3 is 2.81 bits per heavy atom. The van der Waals surface area contributed by atoms with Crippen molar-refractivity contribution in [3.63, 3.8) is 0 Å². The van der Waals surface area contributed by atoms with Crippen LogP contribution < -0.4 is 0 Å². The molecule has 9 heteroatoms. The first-order valence-electron chi connectivity index (χ1n) is 10.1. The molecule has 2 heterocycles. The van der Waals surface area contributed by atoms with Gasteiger partial charge < -0.3 is 15.4 Å². The normalized spacial score (nSPS) is 22.5. The molecule has 0 bridgehead atoms. The summed E-state index contributed by atoms with van der Waals surface area (Å²) in [6.45, 7) is 0. The molecular formula is C22H23ClN6OS. The Hall–Kier alpha value is -2.76. The Kier molecular flexibility index (Phi) is 5.82. The maximum atomic E-state index is 11.0. The number of aliphatic imine (C=N–C) groups is 1. The third-order valence-electron chi connectivity index (χ3n) is 5.93. The van der Waals surface area contributed by atoms with Crippen LogP contribution in [0.25, 0.3) is 5.76 Å². The Bertz CT molecular complexity index is 1150. The molecule has 0 aliphatic heterocycles. The van der Waals surface area contributed by atoms with E-state index in [-0.39, 0.29) is 11.0 Å². The van der Waals surface area contributed by atoms with Crippen molar-refractivity contribution in [3.8, 4) is 6.07 Å². The van der Waals surface area contributed by atoms with E-state index < -0.39 is 5.41 Å². The average molecular weight is 455 g/mol. The molecule has 160 valence electrons. The van der Waals surface area contributed by atoms with Crippen molar-refractivity contribution < 1.29 is 5.11 Å². The first-order valence-corrected chi connectivity index (χ1v) is 11.3. The molecule has 0 aromatic carbocycles. The average Bonchev–Trinajstić information content (AvgIpc) is 3.12. The minimum absolute atomic E-state index is 0.0277. The van der Waals surface area contributed by atoms with Gasteiger partial charge >= 0.3 is 0 Å². The van der Waals surface area contributed by atoms with Crippen LogP contribution in [0.2, 0.25) is 5.28 Å². The zero-order valence-corrected chi connectivity index (χ0v) is 19.0. The molecule has 2 aliphatic carbocycles. The van der Waals surface area contributed by atoms with Crippen LogP contribution in [0.4, 0.5) is 5.00 Å². The number of aliphatic hydroxyl groups is 1. The lowest BCUT2D eigenvalue weighted by Gasteiger charge is -2.42. The van der Waals surface area contributed by atoms with E-state index in [1.54, 1.807) is 23.7 Å². The first-order chi connectivity index (χ1) is 14.9. The van der Waals surface area contributed by atoms with Crippen molar-refractivity contribution in [2.45, 2.75) is 43.9 Å². The van der Waals surface area contributed by atoms with Crippen molar-refractivity contribution >= 4 is 45.7 Å². The maximum absolute atomic E-state index is 11.0. The summed E-state index contributed by atoms with van der Waals surface area (Å²) in [7, 11) is 3.78. The van der Waals surface area contributed by atoms with E-state index in [1.807, 2.05) is 19.0 Å². The van der Waals surface area contributed by atoms with Gasteiger partial charge in [0.05, 0.1) is 11.9 Å². The van der Waals surface area contributed by atoms with E-state index in [0.29, 0.717) is 34.0 Å². The topological polar surface area (TPSA) is 109 Å².